The number of rotatable bonds is 2. The van der Waals surface area contributed by atoms with Crippen molar-refractivity contribution < 1.29 is 4.79 Å². The highest BCUT2D eigenvalue weighted by atomic mass is 79.9. The Hall–Kier alpha value is -2.07. The Balaban J connectivity index is 1.64. The van der Waals surface area contributed by atoms with Gasteiger partial charge >= 0.3 is 0 Å². The van der Waals surface area contributed by atoms with Gasteiger partial charge in [-0.25, -0.2) is 0 Å². The summed E-state index contributed by atoms with van der Waals surface area (Å²) in [7, 11) is 0. The molecule has 2 aromatic carbocycles. The highest BCUT2D eigenvalue weighted by Crippen LogP contribution is 2.32. The number of hydrogen-bond donors (Lipinski definition) is 2. The van der Waals surface area contributed by atoms with Gasteiger partial charge in [0.1, 0.15) is 5.69 Å². The fourth-order valence-corrected chi connectivity index (χ4v) is 3.57. The van der Waals surface area contributed by atoms with Crippen molar-refractivity contribution in [2.45, 2.75) is 19.3 Å². The Morgan fingerprint density at radius 1 is 1.09 bits per heavy atom. The fraction of sp³-hybridized carbons (Fsp3) is 0.167. The molecule has 1 amide bonds. The smallest absolute Gasteiger partial charge is 0.272 e. The summed E-state index contributed by atoms with van der Waals surface area (Å²) in [6, 6.07) is 14.0. The number of amides is 1. The van der Waals surface area contributed by atoms with Crippen LogP contribution >= 0.6 is 15.9 Å². The lowest BCUT2D eigenvalue weighted by Gasteiger charge is -2.09. The molecule has 0 fully saturated rings. The number of nitrogens with one attached hydrogen (secondary N) is 2. The number of hydrogen-bond acceptors (Lipinski definition) is 1. The van der Waals surface area contributed by atoms with E-state index in [2.05, 4.69) is 38.4 Å². The number of H-pyrrole nitrogens is 1. The first kappa shape index (κ1) is 13.6. The molecule has 1 heterocycles. The Morgan fingerprint density at radius 3 is 2.68 bits per heavy atom. The van der Waals surface area contributed by atoms with Crippen LogP contribution in [-0.4, -0.2) is 10.9 Å². The number of halogens is 1. The van der Waals surface area contributed by atoms with Crippen molar-refractivity contribution in [3.63, 3.8) is 0 Å². The lowest BCUT2D eigenvalue weighted by atomic mass is 10.1. The van der Waals surface area contributed by atoms with Crippen LogP contribution in [0.2, 0.25) is 0 Å². The number of para-hydroxylation sites is 1. The van der Waals surface area contributed by atoms with Gasteiger partial charge in [0, 0.05) is 15.4 Å². The van der Waals surface area contributed by atoms with Gasteiger partial charge in [0.15, 0.2) is 0 Å². The van der Waals surface area contributed by atoms with E-state index in [-0.39, 0.29) is 5.91 Å². The Kier molecular flexibility index (Phi) is 3.26. The first-order valence-corrected chi connectivity index (χ1v) is 8.20. The topological polar surface area (TPSA) is 44.9 Å². The predicted molar refractivity (Wildman–Crippen MR) is 92.4 cm³/mol. The quantitative estimate of drug-likeness (QED) is 0.689. The van der Waals surface area contributed by atoms with Gasteiger partial charge in [0.05, 0.1) is 5.69 Å². The minimum Gasteiger partial charge on any atom is -0.351 e. The Morgan fingerprint density at radius 2 is 1.86 bits per heavy atom. The molecule has 1 aromatic heterocycles. The molecule has 4 rings (SSSR count). The molecule has 0 radical (unpaired) electrons. The average molecular weight is 355 g/mol. The summed E-state index contributed by atoms with van der Waals surface area (Å²) in [6.07, 6.45) is 3.42. The molecule has 0 atom stereocenters. The molecule has 3 nitrogen and oxygen atoms in total. The minimum atomic E-state index is -0.116. The van der Waals surface area contributed by atoms with E-state index < -0.39 is 0 Å². The molecule has 2 N–H and O–H groups in total. The number of fused-ring (bicyclic) bond motifs is 2. The highest BCUT2D eigenvalue weighted by Gasteiger charge is 2.16. The molecule has 0 spiro atoms. The van der Waals surface area contributed by atoms with Gasteiger partial charge in [-0.1, -0.05) is 18.2 Å². The van der Waals surface area contributed by atoms with Gasteiger partial charge in [-0.3, -0.25) is 4.79 Å². The van der Waals surface area contributed by atoms with Crippen LogP contribution in [0.5, 0.6) is 0 Å². The summed E-state index contributed by atoms with van der Waals surface area (Å²) < 4.78 is 0.942. The Labute approximate surface area is 136 Å². The molecule has 0 bridgehead atoms. The molecule has 0 unspecified atom stereocenters. The number of anilines is 1. The van der Waals surface area contributed by atoms with E-state index in [1.54, 1.807) is 0 Å². The van der Waals surface area contributed by atoms with Crippen LogP contribution in [0.4, 0.5) is 5.69 Å². The zero-order valence-corrected chi connectivity index (χ0v) is 13.5. The highest BCUT2D eigenvalue weighted by molar-refractivity contribution is 9.10. The summed E-state index contributed by atoms with van der Waals surface area (Å²) >= 11 is 3.56. The number of carbonyl (C=O) groups excluding carboxylic acids is 1. The number of aromatic nitrogens is 1. The molecule has 1 aliphatic carbocycles. The SMILES string of the molecule is O=C(Nc1cc2c(cc1Br)CCC2)c1cc2ccccc2[nH]1. The van der Waals surface area contributed by atoms with Gasteiger partial charge in [-0.2, -0.15) is 0 Å². The number of carbonyl (C=O) groups is 1. The van der Waals surface area contributed by atoms with E-state index >= 15 is 0 Å². The third-order valence-electron chi connectivity index (χ3n) is 4.20. The predicted octanol–water partition coefficient (Wildman–Crippen LogP) is 4.67. The van der Waals surface area contributed by atoms with Crippen LogP contribution < -0.4 is 5.32 Å². The van der Waals surface area contributed by atoms with Crippen LogP contribution in [0, 0.1) is 0 Å². The van der Waals surface area contributed by atoms with Crippen molar-refractivity contribution in [1.82, 2.24) is 4.98 Å². The second-order valence-electron chi connectivity index (χ2n) is 5.68. The van der Waals surface area contributed by atoms with Gasteiger partial charge in [-0.05, 0) is 70.6 Å². The van der Waals surface area contributed by atoms with Crippen LogP contribution in [0.25, 0.3) is 10.9 Å². The van der Waals surface area contributed by atoms with E-state index in [0.717, 1.165) is 33.9 Å². The summed E-state index contributed by atoms with van der Waals surface area (Å²) in [5, 5.41) is 4.04. The van der Waals surface area contributed by atoms with Gasteiger partial charge in [0.25, 0.3) is 5.91 Å². The maximum Gasteiger partial charge on any atom is 0.272 e. The van der Waals surface area contributed by atoms with Gasteiger partial charge < -0.3 is 10.3 Å². The maximum absolute atomic E-state index is 12.5. The lowest BCUT2D eigenvalue weighted by Crippen LogP contribution is -2.13. The molecular weight excluding hydrogens is 340 g/mol. The normalized spacial score (nSPS) is 13.3. The zero-order chi connectivity index (χ0) is 15.1. The van der Waals surface area contributed by atoms with E-state index in [1.165, 1.54) is 17.5 Å². The van der Waals surface area contributed by atoms with E-state index in [0.29, 0.717) is 5.69 Å². The third kappa shape index (κ3) is 2.33. The fourth-order valence-electron chi connectivity index (χ4n) is 3.08. The Bertz CT molecular complexity index is 849. The maximum atomic E-state index is 12.5. The monoisotopic (exact) mass is 354 g/mol. The molecule has 0 aliphatic heterocycles. The van der Waals surface area contributed by atoms with Gasteiger partial charge in [-0.15, -0.1) is 0 Å². The van der Waals surface area contributed by atoms with Crippen LogP contribution in [0.3, 0.4) is 0 Å². The summed E-state index contributed by atoms with van der Waals surface area (Å²) in [5.41, 5.74) is 5.12. The number of aryl methyl sites for hydroxylation is 2. The summed E-state index contributed by atoms with van der Waals surface area (Å²) in [4.78, 5) is 15.6. The van der Waals surface area contributed by atoms with Crippen LogP contribution in [0.15, 0.2) is 46.9 Å². The van der Waals surface area contributed by atoms with Crippen molar-refractivity contribution in [2.24, 2.45) is 0 Å². The second kappa shape index (κ2) is 5.29. The molecular formula is C18H15BrN2O. The first-order chi connectivity index (χ1) is 10.7. The largest absolute Gasteiger partial charge is 0.351 e. The molecule has 0 saturated heterocycles. The van der Waals surface area contributed by atoms with E-state index in [1.807, 2.05) is 30.3 Å². The summed E-state index contributed by atoms with van der Waals surface area (Å²) in [5.74, 6) is -0.116. The van der Waals surface area contributed by atoms with Gasteiger partial charge in [0.2, 0.25) is 0 Å². The molecule has 3 aromatic rings. The van der Waals surface area contributed by atoms with Crippen molar-refractivity contribution in [1.29, 1.82) is 0 Å². The van der Waals surface area contributed by atoms with Crippen molar-refractivity contribution in [3.05, 3.63) is 63.8 Å². The average Bonchev–Trinajstić information content (AvgIpc) is 3.13. The molecule has 0 saturated carbocycles. The van der Waals surface area contributed by atoms with Crippen molar-refractivity contribution in [3.8, 4) is 0 Å². The standard InChI is InChI=1S/C18H15BrN2O/c19-14-8-11-5-3-6-12(11)9-16(14)21-18(22)17-10-13-4-1-2-7-15(13)20-17/h1-2,4,7-10,20H,3,5-6H2,(H,21,22). The van der Waals surface area contributed by atoms with E-state index in [9.17, 15) is 4.79 Å². The van der Waals surface area contributed by atoms with Crippen LogP contribution in [0.1, 0.15) is 28.0 Å². The number of aromatic amines is 1. The summed E-state index contributed by atoms with van der Waals surface area (Å²) in [6.45, 7) is 0. The van der Waals surface area contributed by atoms with Crippen molar-refractivity contribution >= 4 is 38.4 Å². The molecule has 22 heavy (non-hydrogen) atoms. The second-order valence-corrected chi connectivity index (χ2v) is 6.53. The molecule has 4 heteroatoms. The van der Waals surface area contributed by atoms with Crippen LogP contribution in [-0.2, 0) is 12.8 Å². The lowest BCUT2D eigenvalue weighted by molar-refractivity contribution is 0.102. The molecule has 1 aliphatic rings. The van der Waals surface area contributed by atoms with E-state index in [4.69, 9.17) is 0 Å². The zero-order valence-electron chi connectivity index (χ0n) is 11.9. The number of benzene rings is 2. The van der Waals surface area contributed by atoms with Crippen molar-refractivity contribution in [2.75, 3.05) is 5.32 Å². The molecule has 110 valence electrons. The third-order valence-corrected chi connectivity index (χ3v) is 4.86. The minimum absolute atomic E-state index is 0.116. The first-order valence-electron chi connectivity index (χ1n) is 7.41.